The van der Waals surface area contributed by atoms with Crippen molar-refractivity contribution in [2.75, 3.05) is 12.3 Å². The van der Waals surface area contributed by atoms with Gasteiger partial charge in [-0.3, -0.25) is 4.79 Å². The third-order valence-corrected chi connectivity index (χ3v) is 5.10. The van der Waals surface area contributed by atoms with Gasteiger partial charge < -0.3 is 5.32 Å². The van der Waals surface area contributed by atoms with Crippen LogP contribution in [0, 0.1) is 0 Å². The molecular formula is C19H22N2OS. The van der Waals surface area contributed by atoms with Crippen LogP contribution in [0.3, 0.4) is 0 Å². The highest BCUT2D eigenvalue weighted by atomic mass is 32.2. The third-order valence-electron chi connectivity index (χ3n) is 4.29. The van der Waals surface area contributed by atoms with Crippen molar-refractivity contribution in [2.45, 2.75) is 37.1 Å². The quantitative estimate of drug-likeness (QED) is 0.843. The predicted molar refractivity (Wildman–Crippen MR) is 95.1 cm³/mol. The molecule has 0 unspecified atom stereocenters. The fourth-order valence-corrected chi connectivity index (χ4v) is 3.80. The van der Waals surface area contributed by atoms with Gasteiger partial charge in [-0.2, -0.15) is 0 Å². The minimum absolute atomic E-state index is 0.00610. The van der Waals surface area contributed by atoms with Gasteiger partial charge in [0.2, 0.25) is 0 Å². The fraction of sp³-hybridized carbons (Fsp3) is 0.368. The summed E-state index contributed by atoms with van der Waals surface area (Å²) in [5, 5.41) is 4.01. The summed E-state index contributed by atoms with van der Waals surface area (Å²) in [6, 6.07) is 12.3. The normalized spacial score (nSPS) is 16.7. The molecule has 2 aromatic rings. The molecule has 1 heterocycles. The second kappa shape index (κ2) is 7.64. The Balaban J connectivity index is 1.65. The van der Waals surface area contributed by atoms with Gasteiger partial charge in [0, 0.05) is 24.2 Å². The Morgan fingerprint density at radius 3 is 3.09 bits per heavy atom. The molecular weight excluding hydrogens is 304 g/mol. The summed E-state index contributed by atoms with van der Waals surface area (Å²) in [6.45, 7) is 2.79. The van der Waals surface area contributed by atoms with E-state index < -0.39 is 0 Å². The number of hydrogen-bond donors (Lipinski definition) is 1. The van der Waals surface area contributed by atoms with Gasteiger partial charge in [0.05, 0.1) is 5.03 Å². The smallest absolute Gasteiger partial charge is 0.251 e. The molecule has 0 spiro atoms. The second-order valence-electron chi connectivity index (χ2n) is 5.81. The Morgan fingerprint density at radius 1 is 1.35 bits per heavy atom. The maximum atomic E-state index is 12.4. The first-order chi connectivity index (χ1) is 11.3. The van der Waals surface area contributed by atoms with Gasteiger partial charge in [-0.05, 0) is 48.3 Å². The van der Waals surface area contributed by atoms with Crippen molar-refractivity contribution < 1.29 is 4.79 Å². The van der Waals surface area contributed by atoms with E-state index in [1.165, 1.54) is 17.5 Å². The Bertz CT molecular complexity index is 687. The molecule has 1 amide bonds. The highest BCUT2D eigenvalue weighted by Crippen LogP contribution is 2.30. The van der Waals surface area contributed by atoms with Gasteiger partial charge in [-0.25, -0.2) is 4.98 Å². The highest BCUT2D eigenvalue weighted by Gasteiger charge is 2.20. The van der Waals surface area contributed by atoms with Gasteiger partial charge in [-0.15, -0.1) is 11.8 Å². The molecule has 23 heavy (non-hydrogen) atoms. The lowest BCUT2D eigenvalue weighted by Crippen LogP contribution is -2.30. The maximum Gasteiger partial charge on any atom is 0.251 e. The zero-order valence-electron chi connectivity index (χ0n) is 13.4. The number of carbonyl (C=O) groups is 1. The molecule has 0 aliphatic heterocycles. The predicted octanol–water partition coefficient (Wildman–Crippen LogP) is 4.04. The summed E-state index contributed by atoms with van der Waals surface area (Å²) in [6.07, 6.45) is 5.21. The molecule has 4 heteroatoms. The first-order valence-electron chi connectivity index (χ1n) is 8.22. The van der Waals surface area contributed by atoms with Crippen LogP contribution in [0.2, 0.25) is 0 Å². The second-order valence-corrected chi connectivity index (χ2v) is 7.10. The lowest BCUT2D eigenvalue weighted by Gasteiger charge is -2.25. The van der Waals surface area contributed by atoms with Crippen LogP contribution in [0.25, 0.3) is 0 Å². The van der Waals surface area contributed by atoms with E-state index in [1.54, 1.807) is 24.0 Å². The number of carbonyl (C=O) groups excluding carboxylic acids is 1. The van der Waals surface area contributed by atoms with E-state index in [-0.39, 0.29) is 5.91 Å². The van der Waals surface area contributed by atoms with E-state index in [0.29, 0.717) is 18.0 Å². The van der Waals surface area contributed by atoms with E-state index >= 15 is 0 Å². The molecule has 0 radical (unpaired) electrons. The van der Waals surface area contributed by atoms with Crippen molar-refractivity contribution in [3.63, 3.8) is 0 Å². The van der Waals surface area contributed by atoms with E-state index in [2.05, 4.69) is 41.5 Å². The average Bonchev–Trinajstić information content (AvgIpc) is 2.60. The molecule has 120 valence electrons. The third kappa shape index (κ3) is 3.94. The summed E-state index contributed by atoms with van der Waals surface area (Å²) in [4.78, 5) is 16.7. The Kier molecular flexibility index (Phi) is 5.34. The fourth-order valence-electron chi connectivity index (χ4n) is 3.16. The zero-order valence-corrected chi connectivity index (χ0v) is 14.2. The SMILES string of the molecule is CCSc1cc(C(=O)NC[C@@H]2CCCc3ccccc32)ccn1. The number of thioether (sulfide) groups is 1. The summed E-state index contributed by atoms with van der Waals surface area (Å²) in [5.74, 6) is 1.38. The number of amides is 1. The molecule has 0 fully saturated rings. The Labute approximate surface area is 141 Å². The van der Waals surface area contributed by atoms with Gasteiger partial charge in [0.1, 0.15) is 0 Å². The monoisotopic (exact) mass is 326 g/mol. The highest BCUT2D eigenvalue weighted by molar-refractivity contribution is 7.99. The van der Waals surface area contributed by atoms with Crippen molar-refractivity contribution in [2.24, 2.45) is 0 Å². The zero-order chi connectivity index (χ0) is 16.1. The van der Waals surface area contributed by atoms with Crippen molar-refractivity contribution >= 4 is 17.7 Å². The van der Waals surface area contributed by atoms with Gasteiger partial charge in [0.15, 0.2) is 0 Å². The molecule has 1 N–H and O–H groups in total. The molecule has 1 atom stereocenters. The number of nitrogens with zero attached hydrogens (tertiary/aromatic N) is 1. The number of pyridine rings is 1. The van der Waals surface area contributed by atoms with E-state index in [9.17, 15) is 4.79 Å². The summed E-state index contributed by atoms with van der Waals surface area (Å²) in [7, 11) is 0. The van der Waals surface area contributed by atoms with Crippen LogP contribution in [-0.4, -0.2) is 23.2 Å². The molecule has 0 bridgehead atoms. The molecule has 0 saturated carbocycles. The van der Waals surface area contributed by atoms with Crippen molar-refractivity contribution in [1.82, 2.24) is 10.3 Å². The standard InChI is InChI=1S/C19H22N2OS/c1-2-23-18-12-15(10-11-20-18)19(22)21-13-16-8-5-7-14-6-3-4-9-17(14)16/h3-4,6,9-12,16H,2,5,7-8,13H2,1H3,(H,21,22)/t16-/m0/s1. The molecule has 1 aliphatic rings. The summed E-state index contributed by atoms with van der Waals surface area (Å²) in [5.41, 5.74) is 3.53. The minimum atomic E-state index is -0.00610. The maximum absolute atomic E-state index is 12.4. The van der Waals surface area contributed by atoms with Gasteiger partial charge >= 0.3 is 0 Å². The number of hydrogen-bond acceptors (Lipinski definition) is 3. The van der Waals surface area contributed by atoms with Crippen molar-refractivity contribution in [1.29, 1.82) is 0 Å². The number of nitrogens with one attached hydrogen (secondary N) is 1. The number of fused-ring (bicyclic) bond motifs is 1. The molecule has 1 aromatic carbocycles. The number of aryl methyl sites for hydroxylation is 1. The minimum Gasteiger partial charge on any atom is -0.351 e. The van der Waals surface area contributed by atoms with Crippen LogP contribution in [0.4, 0.5) is 0 Å². The molecule has 3 rings (SSSR count). The average molecular weight is 326 g/mol. The first-order valence-corrected chi connectivity index (χ1v) is 9.21. The van der Waals surface area contributed by atoms with E-state index in [4.69, 9.17) is 0 Å². The van der Waals surface area contributed by atoms with E-state index in [1.807, 2.05) is 6.07 Å². The molecule has 3 nitrogen and oxygen atoms in total. The van der Waals surface area contributed by atoms with Crippen LogP contribution < -0.4 is 5.32 Å². The van der Waals surface area contributed by atoms with Gasteiger partial charge in [-0.1, -0.05) is 31.2 Å². The lowest BCUT2D eigenvalue weighted by atomic mass is 9.83. The topological polar surface area (TPSA) is 42.0 Å². The van der Waals surface area contributed by atoms with Crippen LogP contribution in [0.15, 0.2) is 47.6 Å². The summed E-state index contributed by atoms with van der Waals surface area (Å²) >= 11 is 1.65. The number of rotatable bonds is 5. The van der Waals surface area contributed by atoms with Crippen molar-refractivity contribution in [3.05, 3.63) is 59.3 Å². The first kappa shape index (κ1) is 16.1. The molecule has 1 aliphatic carbocycles. The van der Waals surface area contributed by atoms with Crippen molar-refractivity contribution in [3.8, 4) is 0 Å². The Morgan fingerprint density at radius 2 is 2.22 bits per heavy atom. The molecule has 0 saturated heterocycles. The number of aromatic nitrogens is 1. The summed E-state index contributed by atoms with van der Waals surface area (Å²) < 4.78 is 0. The van der Waals surface area contributed by atoms with E-state index in [0.717, 1.165) is 23.6 Å². The largest absolute Gasteiger partial charge is 0.351 e. The Hall–Kier alpha value is -1.81. The van der Waals surface area contributed by atoms with Gasteiger partial charge in [0.25, 0.3) is 5.91 Å². The van der Waals surface area contributed by atoms with Crippen LogP contribution in [0.1, 0.15) is 47.2 Å². The van der Waals surface area contributed by atoms with Crippen LogP contribution >= 0.6 is 11.8 Å². The lowest BCUT2D eigenvalue weighted by molar-refractivity contribution is 0.0950. The van der Waals surface area contributed by atoms with Crippen LogP contribution in [0.5, 0.6) is 0 Å². The number of benzene rings is 1. The van der Waals surface area contributed by atoms with Crippen LogP contribution in [-0.2, 0) is 6.42 Å². The molecule has 1 aromatic heterocycles.